The largest absolute Gasteiger partial charge is 0.356 e. The summed E-state index contributed by atoms with van der Waals surface area (Å²) >= 11 is 4.83. The van der Waals surface area contributed by atoms with Gasteiger partial charge in [-0.2, -0.15) is 5.26 Å². The lowest BCUT2D eigenvalue weighted by atomic mass is 10.2. The van der Waals surface area contributed by atoms with Crippen molar-refractivity contribution in [2.45, 2.75) is 19.8 Å². The molecule has 1 amide bonds. The first-order valence-corrected chi connectivity index (χ1v) is 6.17. The quantitative estimate of drug-likeness (QED) is 0.865. The maximum Gasteiger partial charge on any atom is 0.216 e. The lowest BCUT2D eigenvalue weighted by Crippen LogP contribution is -2.21. The average Bonchev–Trinajstić information content (AvgIpc) is 2.53. The van der Waals surface area contributed by atoms with Crippen molar-refractivity contribution in [2.24, 2.45) is 0 Å². The maximum absolute atomic E-state index is 10.6. The number of halogens is 1. The van der Waals surface area contributed by atoms with E-state index in [0.717, 1.165) is 17.3 Å². The normalized spacial score (nSPS) is 9.67. The number of carbonyl (C=O) groups is 1. The molecule has 3 nitrogen and oxygen atoms in total. The Kier molecular flexibility index (Phi) is 4.79. The van der Waals surface area contributed by atoms with Gasteiger partial charge in [-0.3, -0.25) is 4.79 Å². The monoisotopic (exact) mass is 286 g/mol. The molecule has 0 aliphatic heterocycles. The summed E-state index contributed by atoms with van der Waals surface area (Å²) in [7, 11) is 0. The van der Waals surface area contributed by atoms with E-state index in [-0.39, 0.29) is 5.91 Å². The van der Waals surface area contributed by atoms with E-state index in [1.807, 2.05) is 6.07 Å². The molecule has 0 spiro atoms. The molecule has 1 N–H and O–H groups in total. The van der Waals surface area contributed by atoms with Gasteiger partial charge in [0.05, 0.1) is 0 Å². The van der Waals surface area contributed by atoms with E-state index in [1.165, 1.54) is 23.1 Å². The number of carbonyl (C=O) groups excluding carboxylic acids is 1. The van der Waals surface area contributed by atoms with Gasteiger partial charge in [0.15, 0.2) is 0 Å². The summed E-state index contributed by atoms with van der Waals surface area (Å²) in [5.41, 5.74) is 0. The predicted molar refractivity (Wildman–Crippen MR) is 63.7 cm³/mol. The van der Waals surface area contributed by atoms with E-state index in [0.29, 0.717) is 11.4 Å². The molecule has 1 aromatic rings. The fourth-order valence-corrected chi connectivity index (χ4v) is 2.79. The van der Waals surface area contributed by atoms with Gasteiger partial charge < -0.3 is 5.32 Å². The molecule has 0 fully saturated rings. The molecule has 1 rings (SSSR count). The fraction of sp³-hybridized carbons (Fsp3) is 0.400. The lowest BCUT2D eigenvalue weighted by Gasteiger charge is -1.99. The molecular formula is C10H11BrN2OS. The molecule has 5 heteroatoms. The van der Waals surface area contributed by atoms with Crippen LogP contribution in [-0.2, 0) is 11.2 Å². The number of aryl methyl sites for hydroxylation is 1. The second-order valence-corrected chi connectivity index (χ2v) is 5.08. The molecule has 0 aromatic carbocycles. The molecule has 1 heterocycles. The summed E-state index contributed by atoms with van der Waals surface area (Å²) in [6.07, 6.45) is 1.79. The van der Waals surface area contributed by atoms with Crippen LogP contribution in [0, 0.1) is 11.3 Å². The zero-order chi connectivity index (χ0) is 11.3. The van der Waals surface area contributed by atoms with Crippen LogP contribution in [0.5, 0.6) is 0 Å². The number of rotatable bonds is 4. The number of amides is 1. The zero-order valence-corrected chi connectivity index (χ0v) is 10.7. The Morgan fingerprint density at radius 3 is 3.00 bits per heavy atom. The van der Waals surface area contributed by atoms with E-state index in [9.17, 15) is 4.79 Å². The van der Waals surface area contributed by atoms with Gasteiger partial charge in [0.2, 0.25) is 5.91 Å². The number of nitriles is 1. The van der Waals surface area contributed by atoms with Crippen LogP contribution in [0.3, 0.4) is 0 Å². The second-order valence-electron chi connectivity index (χ2n) is 3.09. The topological polar surface area (TPSA) is 52.9 Å². The minimum absolute atomic E-state index is 0.0000686. The van der Waals surface area contributed by atoms with Crippen LogP contribution in [0.2, 0.25) is 0 Å². The Hall–Kier alpha value is -0.860. The molecule has 0 unspecified atom stereocenters. The Balaban J connectivity index is 2.38. The number of hydrogen-bond acceptors (Lipinski definition) is 3. The molecule has 0 saturated carbocycles. The maximum atomic E-state index is 10.6. The Morgan fingerprint density at radius 1 is 1.73 bits per heavy atom. The van der Waals surface area contributed by atoms with Crippen molar-refractivity contribution in [1.29, 1.82) is 5.26 Å². The van der Waals surface area contributed by atoms with Crippen molar-refractivity contribution in [3.05, 3.63) is 20.3 Å². The van der Waals surface area contributed by atoms with Crippen LogP contribution in [0.15, 0.2) is 10.5 Å². The number of nitrogens with one attached hydrogen (secondary N) is 1. The summed E-state index contributed by atoms with van der Waals surface area (Å²) in [6.45, 7) is 2.20. The highest BCUT2D eigenvalue weighted by molar-refractivity contribution is 9.10. The highest BCUT2D eigenvalue weighted by Crippen LogP contribution is 2.27. The summed E-state index contributed by atoms with van der Waals surface area (Å²) in [5.74, 6) is 0.0000686. The summed E-state index contributed by atoms with van der Waals surface area (Å²) in [5, 5.41) is 11.5. The second kappa shape index (κ2) is 5.89. The van der Waals surface area contributed by atoms with Gasteiger partial charge in [-0.05, 0) is 34.8 Å². The van der Waals surface area contributed by atoms with Crippen LogP contribution in [0.25, 0.3) is 0 Å². The van der Waals surface area contributed by atoms with Crippen LogP contribution in [-0.4, -0.2) is 12.5 Å². The molecule has 0 bridgehead atoms. The van der Waals surface area contributed by atoms with Gasteiger partial charge in [-0.1, -0.05) is 0 Å². The van der Waals surface area contributed by atoms with Crippen LogP contribution in [0.1, 0.15) is 23.1 Å². The minimum Gasteiger partial charge on any atom is -0.356 e. The van der Waals surface area contributed by atoms with Crippen molar-refractivity contribution in [1.82, 2.24) is 5.32 Å². The van der Waals surface area contributed by atoms with Gasteiger partial charge in [0.1, 0.15) is 10.9 Å². The first kappa shape index (κ1) is 12.2. The summed E-state index contributed by atoms with van der Waals surface area (Å²) in [6, 6.07) is 4.10. The predicted octanol–water partition coefficient (Wildman–Crippen LogP) is 2.45. The molecule has 1 aromatic heterocycles. The zero-order valence-electron chi connectivity index (χ0n) is 8.34. The van der Waals surface area contributed by atoms with Crippen molar-refractivity contribution >= 4 is 33.2 Å². The third-order valence-corrected chi connectivity index (χ3v) is 3.80. The van der Waals surface area contributed by atoms with E-state index < -0.39 is 0 Å². The first-order chi connectivity index (χ1) is 7.13. The van der Waals surface area contributed by atoms with Crippen molar-refractivity contribution in [3.63, 3.8) is 0 Å². The van der Waals surface area contributed by atoms with Gasteiger partial charge >= 0.3 is 0 Å². The molecular weight excluding hydrogens is 276 g/mol. The van der Waals surface area contributed by atoms with Gasteiger partial charge in [0.25, 0.3) is 0 Å². The van der Waals surface area contributed by atoms with E-state index in [2.05, 4.69) is 27.3 Å². The Labute approximate surface area is 101 Å². The van der Waals surface area contributed by atoms with E-state index >= 15 is 0 Å². The van der Waals surface area contributed by atoms with Gasteiger partial charge in [-0.15, -0.1) is 11.3 Å². The third kappa shape index (κ3) is 4.02. The first-order valence-electron chi connectivity index (χ1n) is 4.56. The standard InChI is InChI=1S/C10H11BrN2OS/c1-7(14)13-4-2-3-8-5-9(11)10(6-12)15-8/h5H,2-4H2,1H3,(H,13,14). The summed E-state index contributed by atoms with van der Waals surface area (Å²) < 4.78 is 0.865. The smallest absolute Gasteiger partial charge is 0.216 e. The number of thiophene rings is 1. The van der Waals surface area contributed by atoms with E-state index in [1.54, 1.807) is 0 Å². The van der Waals surface area contributed by atoms with Crippen LogP contribution < -0.4 is 5.32 Å². The van der Waals surface area contributed by atoms with Crippen molar-refractivity contribution in [3.8, 4) is 6.07 Å². The average molecular weight is 287 g/mol. The minimum atomic E-state index is 0.0000686. The molecule has 0 aliphatic carbocycles. The fourth-order valence-electron chi connectivity index (χ4n) is 1.14. The van der Waals surface area contributed by atoms with E-state index in [4.69, 9.17) is 5.26 Å². The Bertz CT molecular complexity index is 395. The number of nitrogens with zero attached hydrogens (tertiary/aromatic N) is 1. The highest BCUT2D eigenvalue weighted by atomic mass is 79.9. The molecule has 80 valence electrons. The molecule has 0 radical (unpaired) electrons. The van der Waals surface area contributed by atoms with Crippen LogP contribution >= 0.6 is 27.3 Å². The van der Waals surface area contributed by atoms with Crippen LogP contribution in [0.4, 0.5) is 0 Å². The van der Waals surface area contributed by atoms with Gasteiger partial charge in [0, 0.05) is 22.8 Å². The Morgan fingerprint density at radius 2 is 2.47 bits per heavy atom. The molecule has 0 aliphatic rings. The number of hydrogen-bond donors (Lipinski definition) is 1. The molecule has 0 saturated heterocycles. The lowest BCUT2D eigenvalue weighted by molar-refractivity contribution is -0.118. The highest BCUT2D eigenvalue weighted by Gasteiger charge is 2.05. The SMILES string of the molecule is CC(=O)NCCCc1cc(Br)c(C#N)s1. The summed E-state index contributed by atoms with van der Waals surface area (Å²) in [4.78, 5) is 12.5. The third-order valence-electron chi connectivity index (χ3n) is 1.81. The molecule has 15 heavy (non-hydrogen) atoms. The van der Waals surface area contributed by atoms with Gasteiger partial charge in [-0.25, -0.2) is 0 Å². The molecule has 0 atom stereocenters. The van der Waals surface area contributed by atoms with Crippen molar-refractivity contribution < 1.29 is 4.79 Å². The van der Waals surface area contributed by atoms with Crippen molar-refractivity contribution in [2.75, 3.05) is 6.54 Å².